The number of nitrogen functional groups attached to an aromatic ring is 1. The molecule has 1 saturated heterocycles. The highest BCUT2D eigenvalue weighted by atomic mass is 19.3. The van der Waals surface area contributed by atoms with Crippen LogP contribution in [0.15, 0.2) is 36.0 Å². The first-order chi connectivity index (χ1) is 20.2. The van der Waals surface area contributed by atoms with Gasteiger partial charge in [-0.1, -0.05) is 6.08 Å². The zero-order chi connectivity index (χ0) is 30.8. The Hall–Kier alpha value is -3.77. The van der Waals surface area contributed by atoms with Gasteiger partial charge in [0.15, 0.2) is 5.79 Å². The highest BCUT2D eigenvalue weighted by Gasteiger charge is 2.51. The van der Waals surface area contributed by atoms with E-state index in [-0.39, 0.29) is 30.9 Å². The Balaban J connectivity index is 1.31. The molecule has 12 heteroatoms. The molecule has 0 bridgehead atoms. The lowest BCUT2D eigenvalue weighted by atomic mass is 9.96. The number of ether oxygens (including phenoxy) is 4. The van der Waals surface area contributed by atoms with Gasteiger partial charge in [0.2, 0.25) is 0 Å². The number of hydrogen-bond acceptors (Lipinski definition) is 8. The van der Waals surface area contributed by atoms with Crippen LogP contribution in [0.4, 0.5) is 19.4 Å². The van der Waals surface area contributed by atoms with E-state index in [0.29, 0.717) is 41.6 Å². The molecule has 0 saturated carbocycles. The van der Waals surface area contributed by atoms with Crippen molar-refractivity contribution in [1.29, 1.82) is 0 Å². The van der Waals surface area contributed by atoms with Crippen LogP contribution in [-0.2, 0) is 27.2 Å². The Morgan fingerprint density at radius 2 is 2.00 bits per heavy atom. The van der Waals surface area contributed by atoms with Crippen molar-refractivity contribution in [3.05, 3.63) is 58.6 Å². The first-order valence-electron chi connectivity index (χ1n) is 14.4. The van der Waals surface area contributed by atoms with Crippen molar-refractivity contribution in [3.63, 3.8) is 0 Å². The molecule has 2 aliphatic heterocycles. The van der Waals surface area contributed by atoms with Gasteiger partial charge in [0.05, 0.1) is 18.0 Å². The summed E-state index contributed by atoms with van der Waals surface area (Å²) in [5, 5.41) is 0.739. The third-order valence-corrected chi connectivity index (χ3v) is 7.87. The summed E-state index contributed by atoms with van der Waals surface area (Å²) >= 11 is 0. The monoisotopic (exact) mass is 597 g/mol. The number of alkyl halides is 2. The summed E-state index contributed by atoms with van der Waals surface area (Å²) in [7, 11) is 0. The number of anilines is 1. The van der Waals surface area contributed by atoms with E-state index in [4.69, 9.17) is 24.7 Å². The molecule has 4 heterocycles. The minimum atomic E-state index is -2.66. The number of fused-ring (bicyclic) bond motifs is 3. The average Bonchev–Trinajstić information content (AvgIpc) is 3.56. The molecule has 2 N–H and O–H groups in total. The maximum absolute atomic E-state index is 13.9. The van der Waals surface area contributed by atoms with Crippen molar-refractivity contribution in [2.75, 3.05) is 18.9 Å². The zero-order valence-corrected chi connectivity index (χ0v) is 25.2. The van der Waals surface area contributed by atoms with E-state index in [9.17, 15) is 13.6 Å². The number of hydrogen-bond donors (Lipinski definition) is 1. The van der Waals surface area contributed by atoms with Crippen LogP contribution in [-0.4, -0.2) is 62.3 Å². The summed E-state index contributed by atoms with van der Waals surface area (Å²) in [5.41, 5.74) is 8.31. The molecule has 0 unspecified atom stereocenters. The molecule has 43 heavy (non-hydrogen) atoms. The first-order valence-corrected chi connectivity index (χ1v) is 14.4. The van der Waals surface area contributed by atoms with Gasteiger partial charge < -0.3 is 34.1 Å². The van der Waals surface area contributed by atoms with Gasteiger partial charge >= 0.3 is 6.09 Å². The minimum absolute atomic E-state index is 0.0814. The van der Waals surface area contributed by atoms with Gasteiger partial charge in [-0.25, -0.2) is 23.5 Å². The maximum atomic E-state index is 13.9. The Kier molecular flexibility index (Phi) is 7.12. The van der Waals surface area contributed by atoms with E-state index in [1.807, 2.05) is 36.8 Å². The Labute approximate surface area is 248 Å². The summed E-state index contributed by atoms with van der Waals surface area (Å²) in [6.45, 7) is 11.5. The lowest BCUT2D eigenvalue weighted by molar-refractivity contribution is -0.148. The molecule has 1 amide bonds. The number of nitrogens with two attached hydrogens (primary N) is 1. The number of rotatable bonds is 5. The second-order valence-corrected chi connectivity index (χ2v) is 12.8. The van der Waals surface area contributed by atoms with Gasteiger partial charge in [-0.3, -0.25) is 0 Å². The summed E-state index contributed by atoms with van der Waals surface area (Å²) in [4.78, 5) is 23.3. The van der Waals surface area contributed by atoms with Gasteiger partial charge in [0.1, 0.15) is 47.5 Å². The average molecular weight is 598 g/mol. The zero-order valence-electron chi connectivity index (χ0n) is 25.2. The van der Waals surface area contributed by atoms with Gasteiger partial charge in [-0.2, -0.15) is 0 Å². The number of aromatic nitrogens is 3. The smallest absolute Gasteiger partial charge is 0.410 e. The fourth-order valence-corrected chi connectivity index (χ4v) is 6.07. The molecular weight excluding hydrogens is 560 g/mol. The van der Waals surface area contributed by atoms with Crippen LogP contribution in [0.5, 0.6) is 5.75 Å². The number of halogens is 2. The van der Waals surface area contributed by atoms with Gasteiger partial charge in [0, 0.05) is 23.9 Å². The third-order valence-electron chi connectivity index (χ3n) is 7.87. The number of amides is 1. The predicted molar refractivity (Wildman–Crippen MR) is 155 cm³/mol. The van der Waals surface area contributed by atoms with Crippen LogP contribution in [0.2, 0.25) is 0 Å². The van der Waals surface area contributed by atoms with E-state index < -0.39 is 30.0 Å². The van der Waals surface area contributed by atoms with Gasteiger partial charge in [-0.05, 0) is 77.3 Å². The van der Waals surface area contributed by atoms with Crippen molar-refractivity contribution in [2.45, 2.75) is 90.6 Å². The number of benzene rings is 1. The van der Waals surface area contributed by atoms with E-state index in [2.05, 4.69) is 9.97 Å². The SMILES string of the molecule is Cc1nc(N)c2ccn([C@@H]3C=C(COc4cc(C(F)F)cc5c4CN(C(=O)OC(C)(C)C)CC5)[C@H]4OC(C)(C)O[C@H]43)c2n1. The minimum Gasteiger partial charge on any atom is -0.489 e. The lowest BCUT2D eigenvalue weighted by Crippen LogP contribution is -2.40. The molecule has 0 radical (unpaired) electrons. The highest BCUT2D eigenvalue weighted by Crippen LogP contribution is 2.45. The maximum Gasteiger partial charge on any atom is 0.410 e. The van der Waals surface area contributed by atoms with Crippen molar-refractivity contribution in [3.8, 4) is 5.75 Å². The van der Waals surface area contributed by atoms with E-state index in [1.54, 1.807) is 32.6 Å². The lowest BCUT2D eigenvalue weighted by Gasteiger charge is -2.32. The molecule has 230 valence electrons. The van der Waals surface area contributed by atoms with E-state index >= 15 is 0 Å². The summed E-state index contributed by atoms with van der Waals surface area (Å²) in [6, 6.07) is 4.47. The summed E-state index contributed by atoms with van der Waals surface area (Å²) in [6.07, 6.45) is 0.423. The normalized spacial score (nSPS) is 23.0. The largest absolute Gasteiger partial charge is 0.489 e. The summed E-state index contributed by atoms with van der Waals surface area (Å²) < 4.78 is 54.3. The van der Waals surface area contributed by atoms with Crippen molar-refractivity contribution < 1.29 is 32.5 Å². The molecule has 3 atom stereocenters. The molecule has 3 aliphatic rings. The standard InChI is InChI=1S/C31H37F2N5O5/c1-16-35-27(34)20-8-10-38(28(20)36-16)22-12-19(24-25(22)42-31(5,6)41-24)15-40-23-13-18(26(32)33)11-17-7-9-37(14-21(17)23)29(39)43-30(2,3)4/h8,10-13,22,24-26H,7,9,14-15H2,1-6H3,(H2,34,35,36)/t22-,24-,25+/m1/s1. The number of carbonyl (C=O) groups excluding carboxylic acids is 1. The van der Waals surface area contributed by atoms with Crippen LogP contribution >= 0.6 is 0 Å². The van der Waals surface area contributed by atoms with E-state index in [0.717, 1.165) is 16.5 Å². The fraction of sp³-hybridized carbons (Fsp3) is 0.516. The molecule has 1 aromatic carbocycles. The number of carbonyl (C=O) groups is 1. The Bertz CT molecular complexity index is 1610. The number of aryl methyl sites for hydroxylation is 1. The molecule has 3 aromatic rings. The molecule has 2 aromatic heterocycles. The first kappa shape index (κ1) is 29.3. The molecule has 0 spiro atoms. The number of nitrogens with zero attached hydrogens (tertiary/aromatic N) is 4. The topological polar surface area (TPSA) is 114 Å². The van der Waals surface area contributed by atoms with Crippen LogP contribution in [0, 0.1) is 6.92 Å². The molecule has 10 nitrogen and oxygen atoms in total. The molecular formula is C31H37F2N5O5. The van der Waals surface area contributed by atoms with E-state index in [1.165, 1.54) is 12.1 Å². The fourth-order valence-electron chi connectivity index (χ4n) is 6.07. The van der Waals surface area contributed by atoms with Crippen LogP contribution in [0.1, 0.15) is 69.6 Å². The highest BCUT2D eigenvalue weighted by molar-refractivity contribution is 5.86. The van der Waals surface area contributed by atoms with Crippen LogP contribution < -0.4 is 10.5 Å². The second kappa shape index (κ2) is 10.4. The van der Waals surface area contributed by atoms with Crippen molar-refractivity contribution in [2.24, 2.45) is 0 Å². The van der Waals surface area contributed by atoms with Crippen LogP contribution in [0.25, 0.3) is 11.0 Å². The van der Waals surface area contributed by atoms with Crippen LogP contribution in [0.3, 0.4) is 0 Å². The molecule has 1 aliphatic carbocycles. The molecule has 6 rings (SSSR count). The van der Waals surface area contributed by atoms with Gasteiger partial charge in [-0.15, -0.1) is 0 Å². The van der Waals surface area contributed by atoms with Crippen molar-refractivity contribution >= 4 is 22.9 Å². The van der Waals surface area contributed by atoms with Crippen molar-refractivity contribution in [1.82, 2.24) is 19.4 Å². The predicted octanol–water partition coefficient (Wildman–Crippen LogP) is 5.63. The Morgan fingerprint density at radius 3 is 2.72 bits per heavy atom. The Morgan fingerprint density at radius 1 is 1.23 bits per heavy atom. The molecule has 1 fully saturated rings. The third kappa shape index (κ3) is 5.65. The second-order valence-electron chi connectivity index (χ2n) is 12.8. The summed E-state index contributed by atoms with van der Waals surface area (Å²) in [5.74, 6) is 0.418. The quantitative estimate of drug-likeness (QED) is 0.377. The van der Waals surface area contributed by atoms with Gasteiger partial charge in [0.25, 0.3) is 6.43 Å².